The third-order valence-electron chi connectivity index (χ3n) is 5.78. The van der Waals surface area contributed by atoms with Crippen molar-refractivity contribution in [3.05, 3.63) is 33.3 Å². The Balaban J connectivity index is 1.51. The van der Waals surface area contributed by atoms with Crippen molar-refractivity contribution in [2.24, 2.45) is 10.6 Å². The molecule has 2 amide bonds. The second-order valence-electron chi connectivity index (χ2n) is 9.67. The van der Waals surface area contributed by atoms with E-state index in [0.29, 0.717) is 10.5 Å². The molecule has 0 bridgehead atoms. The number of oxime groups is 1. The molecule has 1 saturated heterocycles. The minimum Gasteiger partial charge on any atom is -0.458 e. The van der Waals surface area contributed by atoms with Crippen LogP contribution < -0.4 is 11.1 Å². The van der Waals surface area contributed by atoms with Crippen molar-refractivity contribution in [1.82, 2.24) is 15.2 Å². The van der Waals surface area contributed by atoms with Crippen LogP contribution in [-0.4, -0.2) is 88.7 Å². The van der Waals surface area contributed by atoms with Crippen molar-refractivity contribution < 1.29 is 43.0 Å². The van der Waals surface area contributed by atoms with E-state index in [9.17, 15) is 24.0 Å². The lowest BCUT2D eigenvalue weighted by Gasteiger charge is -2.49. The van der Waals surface area contributed by atoms with Crippen LogP contribution in [0.3, 0.4) is 0 Å². The Labute approximate surface area is 247 Å². The first-order chi connectivity index (χ1) is 19.4. The number of carbonyl (C=O) groups excluding carboxylic acids is 5. The topological polar surface area (TPSA) is 189 Å². The van der Waals surface area contributed by atoms with Crippen LogP contribution in [0.2, 0.25) is 0 Å². The number of thiazole rings is 1. The second-order valence-corrected chi connectivity index (χ2v) is 12.7. The molecule has 0 spiro atoms. The zero-order valence-electron chi connectivity index (χ0n) is 22.5. The van der Waals surface area contributed by atoms with Crippen molar-refractivity contribution in [2.75, 3.05) is 37.7 Å². The van der Waals surface area contributed by atoms with Crippen molar-refractivity contribution >= 4 is 75.4 Å². The molecule has 1 aromatic rings. The van der Waals surface area contributed by atoms with Crippen LogP contribution in [0.4, 0.5) is 5.13 Å². The predicted octanol–water partition coefficient (Wildman–Crippen LogP) is 0.994. The maximum atomic E-state index is 13.3. The SMILES string of the molecule is CO/N=C(\C(=O)N[C@@H]1C(=O)N2C(C(=O)OCOC(=O)C(C)(C)C)=C(SCC3=CCOC3=O)CS[C@H]12)c1csc(N)n1. The van der Waals surface area contributed by atoms with Gasteiger partial charge in [-0.3, -0.25) is 19.3 Å². The molecule has 3 N–H and O–H groups in total. The summed E-state index contributed by atoms with van der Waals surface area (Å²) in [4.78, 5) is 74.0. The van der Waals surface area contributed by atoms with E-state index in [1.165, 1.54) is 40.9 Å². The van der Waals surface area contributed by atoms with Crippen molar-refractivity contribution in [3.8, 4) is 0 Å². The highest BCUT2D eigenvalue weighted by atomic mass is 32.2. The number of β-lactam (4-membered cyclic amide) rings is 1. The third kappa shape index (κ3) is 6.68. The van der Waals surface area contributed by atoms with Gasteiger partial charge in [-0.25, -0.2) is 14.6 Å². The fraction of sp³-hybridized carbons (Fsp3) is 0.458. The monoisotopic (exact) mass is 625 g/mol. The van der Waals surface area contributed by atoms with Crippen molar-refractivity contribution in [2.45, 2.75) is 32.2 Å². The summed E-state index contributed by atoms with van der Waals surface area (Å²) in [6.07, 6.45) is 1.65. The minimum atomic E-state index is -0.994. The molecule has 4 rings (SSSR count). The Hall–Kier alpha value is -3.57. The molecule has 0 radical (unpaired) electrons. The fourth-order valence-corrected chi connectivity index (χ4v) is 6.85. The third-order valence-corrected chi connectivity index (χ3v) is 9.05. The second kappa shape index (κ2) is 12.5. The number of rotatable bonds is 10. The number of fused-ring (bicyclic) bond motifs is 1. The number of aromatic nitrogens is 1. The van der Waals surface area contributed by atoms with Gasteiger partial charge in [0.25, 0.3) is 11.8 Å². The molecular weight excluding hydrogens is 598 g/mol. The smallest absolute Gasteiger partial charge is 0.358 e. The van der Waals surface area contributed by atoms with E-state index in [0.717, 1.165) is 11.3 Å². The Kier molecular flexibility index (Phi) is 9.28. The number of nitrogen functional groups attached to an aromatic ring is 1. The number of nitrogens with zero attached hydrogens (tertiary/aromatic N) is 3. The van der Waals surface area contributed by atoms with Gasteiger partial charge in [0, 0.05) is 27.4 Å². The number of thioether (sulfide) groups is 2. The number of hydrogen-bond acceptors (Lipinski definition) is 15. The first kappa shape index (κ1) is 30.4. The minimum absolute atomic E-state index is 0.0499. The molecule has 0 aliphatic carbocycles. The van der Waals surface area contributed by atoms with Gasteiger partial charge in [0.15, 0.2) is 10.8 Å². The molecule has 14 nitrogen and oxygen atoms in total. The molecule has 1 aromatic heterocycles. The van der Waals surface area contributed by atoms with E-state index >= 15 is 0 Å². The maximum absolute atomic E-state index is 13.3. The zero-order valence-corrected chi connectivity index (χ0v) is 24.9. The highest BCUT2D eigenvalue weighted by molar-refractivity contribution is 8.06. The van der Waals surface area contributed by atoms with Crippen LogP contribution in [0.25, 0.3) is 0 Å². The summed E-state index contributed by atoms with van der Waals surface area (Å²) in [5, 5.41) is 7.46. The van der Waals surface area contributed by atoms with E-state index in [1.807, 2.05) is 0 Å². The van der Waals surface area contributed by atoms with E-state index < -0.39 is 53.3 Å². The summed E-state index contributed by atoms with van der Waals surface area (Å²) in [5.74, 6) is -2.70. The number of hydrogen-bond donors (Lipinski definition) is 2. The molecule has 17 heteroatoms. The molecule has 41 heavy (non-hydrogen) atoms. The predicted molar refractivity (Wildman–Crippen MR) is 150 cm³/mol. The van der Waals surface area contributed by atoms with Gasteiger partial charge in [-0.15, -0.1) is 34.9 Å². The van der Waals surface area contributed by atoms with E-state index in [-0.39, 0.29) is 40.3 Å². The normalized spacial score (nSPS) is 20.5. The van der Waals surface area contributed by atoms with Gasteiger partial charge >= 0.3 is 17.9 Å². The number of cyclic esters (lactones) is 1. The van der Waals surface area contributed by atoms with Gasteiger partial charge in [-0.1, -0.05) is 5.16 Å². The Bertz CT molecular complexity index is 1360. The van der Waals surface area contributed by atoms with Crippen molar-refractivity contribution in [3.63, 3.8) is 0 Å². The largest absolute Gasteiger partial charge is 0.458 e. The van der Waals surface area contributed by atoms with Crippen molar-refractivity contribution in [1.29, 1.82) is 0 Å². The Morgan fingerprint density at radius 3 is 2.66 bits per heavy atom. The first-order valence-corrected chi connectivity index (χ1v) is 15.0. The van der Waals surface area contributed by atoms with Gasteiger partial charge in [-0.2, -0.15) is 0 Å². The lowest BCUT2D eigenvalue weighted by atomic mass is 9.98. The van der Waals surface area contributed by atoms with Crippen LogP contribution in [-0.2, 0) is 43.0 Å². The van der Waals surface area contributed by atoms with Crippen LogP contribution >= 0.6 is 34.9 Å². The lowest BCUT2D eigenvalue weighted by molar-refractivity contribution is -0.173. The number of carbonyl (C=O) groups is 5. The number of esters is 3. The van der Waals surface area contributed by atoms with Crippen LogP contribution in [0.1, 0.15) is 26.5 Å². The Morgan fingerprint density at radius 2 is 2.05 bits per heavy atom. The summed E-state index contributed by atoms with van der Waals surface area (Å²) in [6, 6.07) is -0.994. The molecule has 0 saturated carbocycles. The maximum Gasteiger partial charge on any atom is 0.358 e. The van der Waals surface area contributed by atoms with E-state index in [2.05, 4.69) is 15.5 Å². The van der Waals surface area contributed by atoms with E-state index in [4.69, 9.17) is 24.8 Å². The zero-order chi connectivity index (χ0) is 29.9. The molecular formula is C24H27N5O9S3. The summed E-state index contributed by atoms with van der Waals surface area (Å²) in [7, 11) is 1.26. The average molecular weight is 626 g/mol. The summed E-state index contributed by atoms with van der Waals surface area (Å²) in [5.41, 5.74) is 5.26. The molecule has 4 heterocycles. The standard InChI is InChI=1S/C24H27N5O9S3/c1-24(2,3)22(34)38-10-37-21(33)16-13(39-7-11-5-6-36-20(11)32)9-40-19-15(18(31)29(16)19)27-17(30)14(28-35-4)12-8-41-23(25)26-12/h5,8,15,19H,6-7,9-10H2,1-4H3,(H2,25,26)(H,27,30)/b28-14-/t15-,19-/m1/s1. The van der Waals surface area contributed by atoms with Gasteiger partial charge in [0.1, 0.15) is 36.5 Å². The molecule has 3 aliphatic heterocycles. The lowest BCUT2D eigenvalue weighted by Crippen LogP contribution is -2.71. The molecule has 1 fully saturated rings. The average Bonchev–Trinajstić information content (AvgIpc) is 3.54. The van der Waals surface area contributed by atoms with Gasteiger partial charge in [-0.05, 0) is 26.8 Å². The van der Waals surface area contributed by atoms with Crippen LogP contribution in [0, 0.1) is 5.41 Å². The van der Waals surface area contributed by atoms with Crippen LogP contribution in [0.5, 0.6) is 0 Å². The van der Waals surface area contributed by atoms with E-state index in [1.54, 1.807) is 26.8 Å². The van der Waals surface area contributed by atoms with Gasteiger partial charge in [0.2, 0.25) is 6.79 Å². The summed E-state index contributed by atoms with van der Waals surface area (Å²) >= 11 is 3.61. The number of nitrogens with two attached hydrogens (primary N) is 1. The van der Waals surface area contributed by atoms with Crippen LogP contribution in [0.15, 0.2) is 32.8 Å². The molecule has 3 aliphatic rings. The molecule has 0 unspecified atom stereocenters. The van der Waals surface area contributed by atoms with Gasteiger partial charge < -0.3 is 30.1 Å². The summed E-state index contributed by atoms with van der Waals surface area (Å²) < 4.78 is 15.2. The highest BCUT2D eigenvalue weighted by Crippen LogP contribution is 2.44. The number of anilines is 1. The first-order valence-electron chi connectivity index (χ1n) is 12.1. The number of ether oxygens (including phenoxy) is 3. The summed E-state index contributed by atoms with van der Waals surface area (Å²) in [6.45, 7) is 4.48. The quantitative estimate of drug-likeness (QED) is 0.123. The molecule has 0 aromatic carbocycles. The molecule has 2 atom stereocenters. The Morgan fingerprint density at radius 1 is 1.29 bits per heavy atom. The number of amides is 2. The molecule has 220 valence electrons. The van der Waals surface area contributed by atoms with Gasteiger partial charge in [0.05, 0.1) is 5.41 Å². The number of nitrogens with one attached hydrogen (secondary N) is 1. The fourth-order valence-electron chi connectivity index (χ4n) is 3.69. The highest BCUT2D eigenvalue weighted by Gasteiger charge is 2.55.